The van der Waals surface area contributed by atoms with Crippen molar-refractivity contribution >= 4 is 17.1 Å². The van der Waals surface area contributed by atoms with Crippen LogP contribution in [0.5, 0.6) is 0 Å². The van der Waals surface area contributed by atoms with Gasteiger partial charge in [0.15, 0.2) is 0 Å². The Morgan fingerprint density at radius 1 is 1.00 bits per heavy atom. The molecule has 3 heteroatoms. The topological polar surface area (TPSA) is 36.1 Å². The second-order valence-corrected chi connectivity index (χ2v) is 9.73. The molecule has 0 saturated heterocycles. The largest absolute Gasteiger partial charge is 0.388 e. The number of nitrogens with one attached hydrogen (secondary N) is 3. The molecular weight excluding hydrogens is 462 g/mol. The summed E-state index contributed by atoms with van der Waals surface area (Å²) in [4.78, 5) is 0. The first-order valence-electron chi connectivity index (χ1n) is 13.7. The average Bonchev–Trinajstić information content (AvgIpc) is 2.92. The predicted molar refractivity (Wildman–Crippen MR) is 171 cm³/mol. The molecule has 0 heterocycles. The Morgan fingerprint density at radius 2 is 1.76 bits per heavy atom. The van der Waals surface area contributed by atoms with Crippen LogP contribution in [0.3, 0.4) is 0 Å². The molecule has 0 aliphatic rings. The molecule has 0 fully saturated rings. The van der Waals surface area contributed by atoms with Crippen molar-refractivity contribution in [3.8, 4) is 0 Å². The van der Waals surface area contributed by atoms with Gasteiger partial charge in [0.1, 0.15) is 0 Å². The van der Waals surface area contributed by atoms with E-state index in [1.54, 1.807) is 0 Å². The van der Waals surface area contributed by atoms with Gasteiger partial charge in [0, 0.05) is 48.3 Å². The molecule has 2 aromatic carbocycles. The van der Waals surface area contributed by atoms with Crippen LogP contribution < -0.4 is 16.0 Å². The number of aryl methyl sites for hydroxylation is 2. The lowest BCUT2D eigenvalue weighted by molar-refractivity contribution is 0.920. The minimum absolute atomic E-state index is 0.719. The highest BCUT2D eigenvalue weighted by Gasteiger charge is 2.08. The van der Waals surface area contributed by atoms with E-state index in [9.17, 15) is 0 Å². The number of hydrogen-bond acceptors (Lipinski definition) is 3. The summed E-state index contributed by atoms with van der Waals surface area (Å²) in [5.41, 5.74) is 11.5. The van der Waals surface area contributed by atoms with Crippen molar-refractivity contribution in [2.24, 2.45) is 0 Å². The zero-order chi connectivity index (χ0) is 27.9. The summed E-state index contributed by atoms with van der Waals surface area (Å²) in [6, 6.07) is 14.9. The fourth-order valence-electron chi connectivity index (χ4n) is 4.29. The van der Waals surface area contributed by atoms with E-state index < -0.39 is 0 Å². The van der Waals surface area contributed by atoms with Crippen LogP contribution in [0, 0.1) is 0 Å². The summed E-state index contributed by atoms with van der Waals surface area (Å²) in [7, 11) is 1.93. The fraction of sp³-hybridized carbons (Fsp3) is 0.314. The minimum atomic E-state index is 0.719. The van der Waals surface area contributed by atoms with Crippen LogP contribution in [0.1, 0.15) is 63.6 Å². The van der Waals surface area contributed by atoms with E-state index in [-0.39, 0.29) is 0 Å². The fourth-order valence-corrected chi connectivity index (χ4v) is 4.29. The highest BCUT2D eigenvalue weighted by atomic mass is 14.9. The molecule has 2 aromatic rings. The number of hydrogen-bond donors (Lipinski definition) is 3. The number of rotatable bonds is 16. The smallest absolute Gasteiger partial charge is 0.0432 e. The summed E-state index contributed by atoms with van der Waals surface area (Å²) in [6.45, 7) is 22.0. The first-order chi connectivity index (χ1) is 18.3. The molecule has 0 unspecified atom stereocenters. The van der Waals surface area contributed by atoms with Crippen LogP contribution in [-0.4, -0.2) is 13.6 Å². The van der Waals surface area contributed by atoms with Crippen LogP contribution in [-0.2, 0) is 12.8 Å². The van der Waals surface area contributed by atoms with Crippen LogP contribution in [0.2, 0.25) is 0 Å². The lowest BCUT2D eigenvalue weighted by Gasteiger charge is -2.17. The molecular formula is C35H47N3. The molecule has 3 N–H and O–H groups in total. The van der Waals surface area contributed by atoms with Crippen LogP contribution >= 0.6 is 0 Å². The predicted octanol–water partition coefficient (Wildman–Crippen LogP) is 9.21. The van der Waals surface area contributed by atoms with Gasteiger partial charge in [-0.15, -0.1) is 6.58 Å². The van der Waals surface area contributed by atoms with Gasteiger partial charge in [0.2, 0.25) is 0 Å². The van der Waals surface area contributed by atoms with E-state index in [1.165, 1.54) is 22.3 Å². The van der Waals surface area contributed by atoms with Crippen molar-refractivity contribution in [2.45, 2.75) is 59.8 Å². The summed E-state index contributed by atoms with van der Waals surface area (Å²) in [5, 5.41) is 10.4. The molecule has 0 atom stereocenters. The molecule has 0 saturated carbocycles. The normalized spacial score (nSPS) is 11.9. The van der Waals surface area contributed by atoms with Crippen molar-refractivity contribution in [1.29, 1.82) is 0 Å². The monoisotopic (exact) mass is 509 g/mol. The van der Waals surface area contributed by atoms with Gasteiger partial charge < -0.3 is 16.0 Å². The van der Waals surface area contributed by atoms with Crippen molar-refractivity contribution in [3.05, 3.63) is 126 Å². The third kappa shape index (κ3) is 9.97. The van der Waals surface area contributed by atoms with Gasteiger partial charge in [-0.3, -0.25) is 0 Å². The van der Waals surface area contributed by atoms with Gasteiger partial charge in [0.25, 0.3) is 0 Å². The lowest BCUT2D eigenvalue weighted by Crippen LogP contribution is -2.12. The lowest BCUT2D eigenvalue weighted by atomic mass is 9.98. The van der Waals surface area contributed by atoms with Crippen LogP contribution in [0.25, 0.3) is 5.70 Å². The molecule has 0 spiro atoms. The van der Waals surface area contributed by atoms with E-state index >= 15 is 0 Å². The maximum Gasteiger partial charge on any atom is 0.0432 e. The number of benzene rings is 2. The van der Waals surface area contributed by atoms with E-state index in [1.807, 2.05) is 26.1 Å². The second-order valence-electron chi connectivity index (χ2n) is 9.73. The molecule has 202 valence electrons. The van der Waals surface area contributed by atoms with E-state index in [2.05, 4.69) is 111 Å². The second kappa shape index (κ2) is 16.2. The molecule has 0 aliphatic carbocycles. The Kier molecular flexibility index (Phi) is 13.0. The number of para-hydroxylation sites is 1. The Bertz CT molecular complexity index is 1190. The molecule has 0 amide bonds. The van der Waals surface area contributed by atoms with Gasteiger partial charge in [-0.25, -0.2) is 0 Å². The summed E-state index contributed by atoms with van der Waals surface area (Å²) in [5.74, 6) is 0. The molecule has 0 bridgehead atoms. The Balaban J connectivity index is 2.11. The van der Waals surface area contributed by atoms with Gasteiger partial charge in [-0.05, 0) is 80.0 Å². The van der Waals surface area contributed by atoms with Crippen molar-refractivity contribution in [2.75, 3.05) is 24.2 Å². The minimum Gasteiger partial charge on any atom is -0.388 e. The van der Waals surface area contributed by atoms with Gasteiger partial charge in [-0.2, -0.15) is 0 Å². The van der Waals surface area contributed by atoms with Gasteiger partial charge in [0.05, 0.1) is 0 Å². The highest BCUT2D eigenvalue weighted by Crippen LogP contribution is 2.23. The molecule has 0 aromatic heterocycles. The third-order valence-corrected chi connectivity index (χ3v) is 6.46. The Morgan fingerprint density at radius 3 is 2.42 bits per heavy atom. The maximum atomic E-state index is 4.37. The standard InChI is InChI=1S/C35H47N3/c1-9-12-15-29(25-37-33-21-20-30(10-2)31(24-33)19-18-26(4)5)22-27(6)23-32(11-3)38-28(7)34-16-13-14-17-35(34)36-8/h11-17,20-22,24,36-38H,4,6-7,9-10,18-19,23,25H2,1-3,5,8H3/b15-12-,29-22+,32-11-. The van der Waals surface area contributed by atoms with E-state index in [0.29, 0.717) is 0 Å². The Labute approximate surface area is 231 Å². The van der Waals surface area contributed by atoms with Crippen LogP contribution in [0.15, 0.2) is 109 Å². The molecule has 38 heavy (non-hydrogen) atoms. The Hall–Kier alpha value is -3.72. The summed E-state index contributed by atoms with van der Waals surface area (Å²) in [6.07, 6.45) is 13.5. The highest BCUT2D eigenvalue weighted by molar-refractivity contribution is 5.74. The molecule has 0 aliphatic heterocycles. The molecule has 0 radical (unpaired) electrons. The quantitative estimate of drug-likeness (QED) is 0.156. The first kappa shape index (κ1) is 30.5. The van der Waals surface area contributed by atoms with E-state index in [0.717, 1.165) is 72.6 Å². The first-order valence-corrected chi connectivity index (χ1v) is 13.7. The van der Waals surface area contributed by atoms with Crippen molar-refractivity contribution < 1.29 is 0 Å². The van der Waals surface area contributed by atoms with Gasteiger partial charge >= 0.3 is 0 Å². The summed E-state index contributed by atoms with van der Waals surface area (Å²) >= 11 is 0. The maximum absolute atomic E-state index is 4.37. The number of allylic oxidation sites excluding steroid dienone is 5. The number of anilines is 2. The van der Waals surface area contributed by atoms with E-state index in [4.69, 9.17) is 0 Å². The summed E-state index contributed by atoms with van der Waals surface area (Å²) < 4.78 is 0. The third-order valence-electron chi connectivity index (χ3n) is 6.46. The average molecular weight is 510 g/mol. The molecule has 2 rings (SSSR count). The van der Waals surface area contributed by atoms with Crippen molar-refractivity contribution in [3.63, 3.8) is 0 Å². The van der Waals surface area contributed by atoms with Gasteiger partial charge in [-0.1, -0.05) is 81.1 Å². The van der Waals surface area contributed by atoms with Crippen LogP contribution in [0.4, 0.5) is 11.4 Å². The molecule has 3 nitrogen and oxygen atoms in total. The zero-order valence-corrected chi connectivity index (χ0v) is 24.2. The van der Waals surface area contributed by atoms with Crippen molar-refractivity contribution in [1.82, 2.24) is 5.32 Å². The zero-order valence-electron chi connectivity index (χ0n) is 24.2. The SMILES string of the molecule is C=C(C)CCc1cc(NCC(/C=C\CC)=C/C(=C)C/C(=C/C)NC(=C)c2ccccc2NC)ccc1CC.